The highest BCUT2D eigenvalue weighted by Gasteiger charge is 2.35. The van der Waals surface area contributed by atoms with Crippen molar-refractivity contribution in [2.45, 2.75) is 18.9 Å². The zero-order chi connectivity index (χ0) is 19.1. The Morgan fingerprint density at radius 3 is 2.81 bits per heavy atom. The van der Waals surface area contributed by atoms with Gasteiger partial charge in [0.05, 0.1) is 12.0 Å². The first kappa shape index (κ1) is 17.9. The van der Waals surface area contributed by atoms with E-state index in [1.807, 2.05) is 0 Å². The van der Waals surface area contributed by atoms with E-state index in [2.05, 4.69) is 20.7 Å². The van der Waals surface area contributed by atoms with Crippen molar-refractivity contribution in [3.05, 3.63) is 46.5 Å². The van der Waals surface area contributed by atoms with Gasteiger partial charge in [-0.3, -0.25) is 19.6 Å². The number of benzene rings is 1. The molecule has 0 spiro atoms. The number of hydrogen-bond donors (Lipinski definition) is 3. The second-order valence-electron chi connectivity index (χ2n) is 6.12. The number of nitrogens with zero attached hydrogens (tertiary/aromatic N) is 3. The summed E-state index contributed by atoms with van der Waals surface area (Å²) in [4.78, 5) is 28.3. The van der Waals surface area contributed by atoms with E-state index in [9.17, 15) is 14.0 Å². The van der Waals surface area contributed by atoms with Crippen molar-refractivity contribution in [1.82, 2.24) is 15.1 Å². The second kappa shape index (κ2) is 6.41. The van der Waals surface area contributed by atoms with Gasteiger partial charge in [-0.15, -0.1) is 0 Å². The molecule has 0 bridgehead atoms. The van der Waals surface area contributed by atoms with Crippen LogP contribution in [-0.4, -0.2) is 27.6 Å². The quantitative estimate of drug-likeness (QED) is 0.751. The number of hydrogen-bond acceptors (Lipinski definition) is 5. The van der Waals surface area contributed by atoms with E-state index < -0.39 is 17.3 Å². The molecule has 2 aromatic rings. The normalized spacial score (nSPS) is 19.7. The van der Waals surface area contributed by atoms with Gasteiger partial charge in [0.15, 0.2) is 11.1 Å². The zero-order valence-corrected chi connectivity index (χ0v) is 14.8. The lowest BCUT2D eigenvalue weighted by molar-refractivity contribution is -0.121. The standard InChI is InChI=1S/C16H16ClFN6O2/c1-16(7-13(25)21-15(19)22-16)9-5-8(3-4-10(9)18)20-14(26)11-6-12(17)23-24(11)2/h3-6H,7H2,1-2H3,(H,20,26)(H3,19,21,22,25). The molecule has 0 saturated heterocycles. The molecule has 0 aliphatic carbocycles. The Kier molecular flexibility index (Phi) is 4.41. The van der Waals surface area contributed by atoms with Crippen LogP contribution in [0.5, 0.6) is 0 Å². The predicted octanol–water partition coefficient (Wildman–Crippen LogP) is 1.51. The highest BCUT2D eigenvalue weighted by molar-refractivity contribution is 6.29. The van der Waals surface area contributed by atoms with Crippen LogP contribution in [0.2, 0.25) is 5.15 Å². The van der Waals surface area contributed by atoms with E-state index in [1.165, 1.54) is 28.9 Å². The topological polar surface area (TPSA) is 114 Å². The van der Waals surface area contributed by atoms with Crippen LogP contribution in [-0.2, 0) is 17.4 Å². The summed E-state index contributed by atoms with van der Waals surface area (Å²) >= 11 is 5.78. The van der Waals surface area contributed by atoms with Gasteiger partial charge in [-0.05, 0) is 25.1 Å². The zero-order valence-electron chi connectivity index (χ0n) is 14.0. The molecule has 0 fully saturated rings. The number of amides is 2. The van der Waals surface area contributed by atoms with E-state index in [4.69, 9.17) is 17.3 Å². The third-order valence-corrected chi connectivity index (χ3v) is 4.21. The minimum absolute atomic E-state index is 0.0701. The minimum Gasteiger partial charge on any atom is -0.370 e. The van der Waals surface area contributed by atoms with E-state index in [-0.39, 0.29) is 34.7 Å². The lowest BCUT2D eigenvalue weighted by Gasteiger charge is -2.30. The number of guanidine groups is 1. The molecule has 26 heavy (non-hydrogen) atoms. The summed E-state index contributed by atoms with van der Waals surface area (Å²) in [5, 5.41) is 9.10. The molecular formula is C16H16ClFN6O2. The summed E-state index contributed by atoms with van der Waals surface area (Å²) in [6, 6.07) is 5.46. The van der Waals surface area contributed by atoms with E-state index in [0.29, 0.717) is 5.69 Å². The van der Waals surface area contributed by atoms with Gasteiger partial charge in [-0.1, -0.05) is 11.6 Å². The van der Waals surface area contributed by atoms with Crippen molar-refractivity contribution in [1.29, 1.82) is 0 Å². The molecule has 1 aromatic heterocycles. The van der Waals surface area contributed by atoms with Crippen molar-refractivity contribution in [2.24, 2.45) is 17.8 Å². The highest BCUT2D eigenvalue weighted by atomic mass is 35.5. The lowest BCUT2D eigenvalue weighted by Crippen LogP contribution is -2.46. The van der Waals surface area contributed by atoms with Gasteiger partial charge in [-0.2, -0.15) is 5.10 Å². The van der Waals surface area contributed by atoms with E-state index >= 15 is 0 Å². The molecule has 136 valence electrons. The van der Waals surface area contributed by atoms with Gasteiger partial charge in [0, 0.05) is 24.4 Å². The molecule has 4 N–H and O–H groups in total. The molecule has 1 atom stereocenters. The average molecular weight is 379 g/mol. The molecule has 1 aliphatic rings. The van der Waals surface area contributed by atoms with Gasteiger partial charge in [-0.25, -0.2) is 9.38 Å². The first-order valence-corrected chi connectivity index (χ1v) is 8.02. The van der Waals surface area contributed by atoms with Gasteiger partial charge < -0.3 is 11.1 Å². The van der Waals surface area contributed by atoms with Crippen LogP contribution < -0.4 is 16.4 Å². The smallest absolute Gasteiger partial charge is 0.273 e. The molecular weight excluding hydrogens is 363 g/mol. The van der Waals surface area contributed by atoms with E-state index in [0.717, 1.165) is 0 Å². The molecule has 1 unspecified atom stereocenters. The number of aryl methyl sites for hydroxylation is 1. The SMILES string of the molecule is Cn1nc(Cl)cc1C(=O)Nc1ccc(F)c(C2(C)CC(=O)NC(N)=N2)c1. The molecule has 3 rings (SSSR count). The number of carbonyl (C=O) groups excluding carboxylic acids is 2. The Morgan fingerprint density at radius 1 is 1.46 bits per heavy atom. The van der Waals surface area contributed by atoms with Crippen LogP contribution in [0, 0.1) is 5.82 Å². The Hall–Kier alpha value is -2.94. The maximum atomic E-state index is 14.4. The highest BCUT2D eigenvalue weighted by Crippen LogP contribution is 2.34. The minimum atomic E-state index is -1.17. The predicted molar refractivity (Wildman–Crippen MR) is 94.3 cm³/mol. The number of aromatic nitrogens is 2. The molecule has 2 heterocycles. The summed E-state index contributed by atoms with van der Waals surface area (Å²) in [6.07, 6.45) is -0.0701. The fourth-order valence-electron chi connectivity index (χ4n) is 2.84. The van der Waals surface area contributed by atoms with Crippen molar-refractivity contribution < 1.29 is 14.0 Å². The Morgan fingerprint density at radius 2 is 2.19 bits per heavy atom. The Labute approximate surface area is 153 Å². The van der Waals surface area contributed by atoms with Crippen LogP contribution in [0.25, 0.3) is 0 Å². The summed E-state index contributed by atoms with van der Waals surface area (Å²) in [7, 11) is 1.58. The van der Waals surface area contributed by atoms with Crippen LogP contribution in [0.3, 0.4) is 0 Å². The Bertz CT molecular complexity index is 941. The number of rotatable bonds is 3. The molecule has 0 saturated carbocycles. The number of anilines is 1. The summed E-state index contributed by atoms with van der Waals surface area (Å²) in [5.74, 6) is -1.46. The number of aliphatic imine (C=N–C) groups is 1. The summed E-state index contributed by atoms with van der Waals surface area (Å²) in [5.41, 5.74) is 5.16. The first-order valence-electron chi connectivity index (χ1n) is 7.64. The third-order valence-electron chi connectivity index (χ3n) is 4.03. The third kappa shape index (κ3) is 3.38. The Balaban J connectivity index is 1.93. The monoisotopic (exact) mass is 378 g/mol. The second-order valence-corrected chi connectivity index (χ2v) is 6.51. The number of nitrogens with one attached hydrogen (secondary N) is 2. The number of nitrogens with two attached hydrogens (primary N) is 1. The molecule has 1 aliphatic heterocycles. The number of halogens is 2. The molecule has 0 radical (unpaired) electrons. The fraction of sp³-hybridized carbons (Fsp3) is 0.250. The molecule has 10 heteroatoms. The van der Waals surface area contributed by atoms with Crippen LogP contribution in [0.1, 0.15) is 29.4 Å². The first-order chi connectivity index (χ1) is 12.2. The largest absolute Gasteiger partial charge is 0.370 e. The van der Waals surface area contributed by atoms with Gasteiger partial charge in [0.2, 0.25) is 5.91 Å². The van der Waals surface area contributed by atoms with Crippen molar-refractivity contribution in [3.8, 4) is 0 Å². The lowest BCUT2D eigenvalue weighted by atomic mass is 9.87. The van der Waals surface area contributed by atoms with Crippen molar-refractivity contribution in [2.75, 3.05) is 5.32 Å². The van der Waals surface area contributed by atoms with Crippen molar-refractivity contribution in [3.63, 3.8) is 0 Å². The van der Waals surface area contributed by atoms with Gasteiger partial charge in [0.25, 0.3) is 5.91 Å². The average Bonchev–Trinajstić information content (AvgIpc) is 2.86. The van der Waals surface area contributed by atoms with Gasteiger partial charge >= 0.3 is 0 Å². The fourth-order valence-corrected chi connectivity index (χ4v) is 3.06. The van der Waals surface area contributed by atoms with E-state index in [1.54, 1.807) is 14.0 Å². The summed E-state index contributed by atoms with van der Waals surface area (Å²) < 4.78 is 15.7. The van der Waals surface area contributed by atoms with Crippen LogP contribution in [0.15, 0.2) is 29.3 Å². The maximum absolute atomic E-state index is 14.4. The van der Waals surface area contributed by atoms with Crippen molar-refractivity contribution >= 4 is 35.1 Å². The number of carbonyl (C=O) groups is 2. The van der Waals surface area contributed by atoms with Crippen LogP contribution in [0.4, 0.5) is 10.1 Å². The molecule has 1 aromatic carbocycles. The van der Waals surface area contributed by atoms with Gasteiger partial charge in [0.1, 0.15) is 11.5 Å². The molecule has 8 nitrogen and oxygen atoms in total. The summed E-state index contributed by atoms with van der Waals surface area (Å²) in [6.45, 7) is 1.60. The van der Waals surface area contributed by atoms with Crippen LogP contribution >= 0.6 is 11.6 Å². The molecule has 2 amide bonds. The maximum Gasteiger partial charge on any atom is 0.273 e.